The van der Waals surface area contributed by atoms with E-state index in [0.29, 0.717) is 26.4 Å². The summed E-state index contributed by atoms with van der Waals surface area (Å²) in [6, 6.07) is 0. The lowest BCUT2D eigenvalue weighted by atomic mass is 10.5. The maximum Gasteiger partial charge on any atom is 0.515 e. The number of rotatable bonds is 22. The first-order valence-corrected chi connectivity index (χ1v) is 20.9. The minimum atomic E-state index is -2.71. The van der Waals surface area contributed by atoms with Gasteiger partial charge in [0.25, 0.3) is 0 Å². The monoisotopic (exact) mass is 570 g/mol. The minimum Gasteiger partial charge on any atom is -0.376 e. The molecule has 6 nitrogen and oxygen atoms in total. The second kappa shape index (κ2) is 20.2. The highest BCUT2D eigenvalue weighted by atomic mass is 33.8. The molecule has 0 aromatic rings. The third kappa shape index (κ3) is 11.5. The van der Waals surface area contributed by atoms with Gasteiger partial charge in [-0.2, -0.15) is 0 Å². The highest BCUT2D eigenvalue weighted by Crippen LogP contribution is 2.53. The Morgan fingerprint density at radius 1 is 0.581 bits per heavy atom. The van der Waals surface area contributed by atoms with Gasteiger partial charge in [-0.3, -0.25) is 0 Å². The molecule has 0 aliphatic rings. The first-order chi connectivity index (χ1) is 15.0. The van der Waals surface area contributed by atoms with Gasteiger partial charge in [-0.05, 0) is 69.0 Å². The standard InChI is InChI=1S/C18H42O6S5Si2/c1-9-15-23-30(19-7,21-13-5)17(11-3)25-27-29-28-26-18(12-4)31(20-8,22-14-6)24-16-10-2/h17-18H,9-16H2,1-8H3. The Morgan fingerprint density at radius 2 is 0.968 bits per heavy atom. The molecule has 4 unspecified atom stereocenters. The Balaban J connectivity index is 4.84. The fourth-order valence-electron chi connectivity index (χ4n) is 2.74. The zero-order valence-corrected chi connectivity index (χ0v) is 26.4. The van der Waals surface area contributed by atoms with Crippen LogP contribution in [-0.2, 0) is 26.6 Å². The highest BCUT2D eigenvalue weighted by Gasteiger charge is 2.50. The Bertz CT molecular complexity index is 399. The van der Waals surface area contributed by atoms with Crippen LogP contribution in [0.1, 0.15) is 67.2 Å². The second-order valence-corrected chi connectivity index (χ2v) is 21.0. The molecule has 0 saturated heterocycles. The molecule has 0 spiro atoms. The van der Waals surface area contributed by atoms with Crippen LogP contribution in [0.2, 0.25) is 0 Å². The van der Waals surface area contributed by atoms with E-state index >= 15 is 0 Å². The van der Waals surface area contributed by atoms with Gasteiger partial charge in [0.1, 0.15) is 0 Å². The van der Waals surface area contributed by atoms with Crippen LogP contribution in [0.25, 0.3) is 0 Å². The van der Waals surface area contributed by atoms with Gasteiger partial charge in [-0.15, -0.1) is 0 Å². The smallest absolute Gasteiger partial charge is 0.376 e. The van der Waals surface area contributed by atoms with E-state index in [9.17, 15) is 0 Å². The Labute approximate surface area is 211 Å². The maximum absolute atomic E-state index is 6.15. The molecule has 0 rings (SSSR count). The lowest BCUT2D eigenvalue weighted by molar-refractivity contribution is 0.0792. The average molecular weight is 571 g/mol. The fourth-order valence-corrected chi connectivity index (χ4v) is 22.9. The van der Waals surface area contributed by atoms with E-state index in [1.165, 1.54) is 0 Å². The van der Waals surface area contributed by atoms with Crippen molar-refractivity contribution in [2.45, 2.75) is 77.0 Å². The molecule has 0 radical (unpaired) electrons. The SMILES string of the molecule is CCCO[Si](OC)(OCC)C(CC)SSSSSC(CC)[Si](OC)(OCC)OCCC. The molecular formula is C18H42O6S5Si2. The third-order valence-corrected chi connectivity index (χ3v) is 22.8. The van der Waals surface area contributed by atoms with E-state index in [2.05, 4.69) is 27.7 Å². The van der Waals surface area contributed by atoms with Gasteiger partial charge in [-0.1, -0.05) is 49.3 Å². The summed E-state index contributed by atoms with van der Waals surface area (Å²) in [7, 11) is 6.84. The summed E-state index contributed by atoms with van der Waals surface area (Å²) in [6.45, 7) is 15.1. The van der Waals surface area contributed by atoms with E-state index in [0.717, 1.165) is 25.7 Å². The summed E-state index contributed by atoms with van der Waals surface area (Å²) >= 11 is 0. The van der Waals surface area contributed by atoms with E-state index in [1.54, 1.807) is 65.3 Å². The average Bonchev–Trinajstić information content (AvgIpc) is 2.79. The normalized spacial score (nSPS) is 17.8. The molecule has 0 fully saturated rings. The van der Waals surface area contributed by atoms with Crippen LogP contribution in [0.3, 0.4) is 0 Å². The Morgan fingerprint density at radius 3 is 1.23 bits per heavy atom. The van der Waals surface area contributed by atoms with Gasteiger partial charge in [0.05, 0.1) is 9.75 Å². The molecule has 0 amide bonds. The summed E-state index contributed by atoms with van der Waals surface area (Å²) in [5.74, 6) is 0. The Kier molecular flexibility index (Phi) is 21.4. The van der Waals surface area contributed by atoms with Crippen LogP contribution in [0.15, 0.2) is 0 Å². The summed E-state index contributed by atoms with van der Waals surface area (Å²) < 4.78 is 36.2. The van der Waals surface area contributed by atoms with E-state index in [-0.39, 0.29) is 9.75 Å². The van der Waals surface area contributed by atoms with Gasteiger partial charge in [0.15, 0.2) is 0 Å². The molecule has 0 aromatic carbocycles. The topological polar surface area (TPSA) is 55.4 Å². The highest BCUT2D eigenvalue weighted by molar-refractivity contribution is 9.35. The Hall–Kier alpha value is 1.94. The third-order valence-electron chi connectivity index (χ3n) is 4.17. The van der Waals surface area contributed by atoms with Crippen LogP contribution in [0.5, 0.6) is 0 Å². The second-order valence-electron chi connectivity index (χ2n) is 6.37. The molecule has 0 N–H and O–H groups in total. The molecule has 0 aliphatic heterocycles. The molecule has 0 bridgehead atoms. The van der Waals surface area contributed by atoms with Gasteiger partial charge < -0.3 is 26.6 Å². The predicted molar refractivity (Wildman–Crippen MR) is 147 cm³/mol. The van der Waals surface area contributed by atoms with E-state index in [4.69, 9.17) is 26.6 Å². The predicted octanol–water partition coefficient (Wildman–Crippen LogP) is 7.04. The zero-order chi connectivity index (χ0) is 23.6. The first-order valence-electron chi connectivity index (χ1n) is 11.0. The van der Waals surface area contributed by atoms with Crippen molar-refractivity contribution in [2.24, 2.45) is 0 Å². The van der Waals surface area contributed by atoms with Gasteiger partial charge in [-0.25, -0.2) is 0 Å². The van der Waals surface area contributed by atoms with Gasteiger partial charge in [0.2, 0.25) is 0 Å². The van der Waals surface area contributed by atoms with E-state index in [1.807, 2.05) is 13.8 Å². The fraction of sp³-hybridized carbons (Fsp3) is 1.00. The summed E-state index contributed by atoms with van der Waals surface area (Å²) in [5.41, 5.74) is 0. The van der Waals surface area contributed by atoms with Crippen molar-refractivity contribution in [2.75, 3.05) is 40.6 Å². The van der Waals surface area contributed by atoms with Crippen LogP contribution in [0, 0.1) is 0 Å². The van der Waals surface area contributed by atoms with Crippen molar-refractivity contribution >= 4 is 68.7 Å². The molecule has 0 aromatic heterocycles. The molecule has 188 valence electrons. The summed E-state index contributed by atoms with van der Waals surface area (Å²) in [4.78, 5) is 0.385. The van der Waals surface area contributed by atoms with Crippen molar-refractivity contribution in [3.63, 3.8) is 0 Å². The minimum absolute atomic E-state index is 0.192. The summed E-state index contributed by atoms with van der Waals surface area (Å²) in [5, 5.41) is 0. The van der Waals surface area contributed by atoms with Gasteiger partial charge >= 0.3 is 17.6 Å². The van der Waals surface area contributed by atoms with Crippen LogP contribution in [0.4, 0.5) is 0 Å². The first kappa shape index (κ1) is 32.9. The molecule has 0 aliphatic carbocycles. The molecule has 0 saturated carbocycles. The van der Waals surface area contributed by atoms with Crippen LogP contribution >= 0.6 is 51.1 Å². The van der Waals surface area contributed by atoms with Crippen molar-refractivity contribution in [1.29, 1.82) is 0 Å². The molecule has 13 heteroatoms. The lowest BCUT2D eigenvalue weighted by Gasteiger charge is -2.33. The molecule has 0 heterocycles. The number of hydrogen-bond acceptors (Lipinski definition) is 11. The largest absolute Gasteiger partial charge is 0.515 e. The number of hydrogen-bond donors (Lipinski definition) is 0. The van der Waals surface area contributed by atoms with Crippen molar-refractivity contribution < 1.29 is 26.6 Å². The molecule has 31 heavy (non-hydrogen) atoms. The zero-order valence-electron chi connectivity index (χ0n) is 20.3. The van der Waals surface area contributed by atoms with Crippen molar-refractivity contribution in [3.05, 3.63) is 0 Å². The maximum atomic E-state index is 6.15. The summed E-state index contributed by atoms with van der Waals surface area (Å²) in [6.07, 6.45) is 3.77. The molecular weight excluding hydrogens is 529 g/mol. The lowest BCUT2D eigenvalue weighted by Crippen LogP contribution is -2.54. The van der Waals surface area contributed by atoms with Crippen LogP contribution in [-0.4, -0.2) is 68.0 Å². The van der Waals surface area contributed by atoms with Crippen LogP contribution < -0.4 is 0 Å². The molecule has 4 atom stereocenters. The van der Waals surface area contributed by atoms with Crippen molar-refractivity contribution in [3.8, 4) is 0 Å². The van der Waals surface area contributed by atoms with Crippen molar-refractivity contribution in [1.82, 2.24) is 0 Å². The quantitative estimate of drug-likeness (QED) is 0.0764. The van der Waals surface area contributed by atoms with E-state index < -0.39 is 17.6 Å². The van der Waals surface area contributed by atoms with Gasteiger partial charge in [0, 0.05) is 40.6 Å².